The van der Waals surface area contributed by atoms with E-state index in [1.165, 1.54) is 77.0 Å². The summed E-state index contributed by atoms with van der Waals surface area (Å²) in [6.07, 6.45) is 41.8. The fourth-order valence-corrected chi connectivity index (χ4v) is 10.0. The molecule has 4 aliphatic rings. The lowest BCUT2D eigenvalue weighted by molar-refractivity contribution is -0.151. The summed E-state index contributed by atoms with van der Waals surface area (Å²) in [6, 6.07) is 0. The lowest BCUT2D eigenvalue weighted by Crippen LogP contribution is -2.46. The molecule has 8 atom stereocenters. The Kier molecular flexibility index (Phi) is 15.4. The topological polar surface area (TPSA) is 26.3 Å². The van der Waals surface area contributed by atoms with Crippen LogP contribution >= 0.6 is 0 Å². The Morgan fingerprint density at radius 1 is 0.812 bits per heavy atom. The summed E-state index contributed by atoms with van der Waals surface area (Å²) in [5.74, 6) is 4.22. The van der Waals surface area contributed by atoms with Crippen LogP contribution < -0.4 is 0 Å². The first-order valence-electron chi connectivity index (χ1n) is 20.7. The third-order valence-corrected chi connectivity index (χ3v) is 13.6. The van der Waals surface area contributed by atoms with E-state index in [-0.39, 0.29) is 17.5 Å². The number of fused-ring (bicyclic) bond motifs is 5. The standard InChI is InChI=1S/C46H74O2/c1-8-9-10-11-12-13-14-15-16-17-18-19-20-21-22-23-44(47)48-39-30-32-45(6)38(34-39)26-27-40-42-29-28-41(46(42,7)33-31-43(40)45)37(5)25-24-36(4)35(2)3/h12-13,15-16,24-27,35-37,39,41-43H,8-11,14,17-23,28-34H2,1-7H3/b13-12-,16-15-,25-24?/t36-,37+,39-,41+,42-,43-,45-,46+/m0/s1. The van der Waals surface area contributed by atoms with Gasteiger partial charge in [-0.15, -0.1) is 0 Å². The molecule has 2 nitrogen and oxygen atoms in total. The van der Waals surface area contributed by atoms with Gasteiger partial charge >= 0.3 is 5.97 Å². The Bertz CT molecular complexity index is 1150. The van der Waals surface area contributed by atoms with Crippen LogP contribution in [0.3, 0.4) is 0 Å². The normalized spacial score (nSPS) is 31.5. The molecule has 3 fully saturated rings. The van der Waals surface area contributed by atoms with Crippen LogP contribution in [0.5, 0.6) is 0 Å². The van der Waals surface area contributed by atoms with Gasteiger partial charge in [0, 0.05) is 12.8 Å². The van der Waals surface area contributed by atoms with Crippen molar-refractivity contribution in [1.29, 1.82) is 0 Å². The lowest BCUT2D eigenvalue weighted by Gasteiger charge is -2.55. The second-order valence-electron chi connectivity index (χ2n) is 17.3. The molecule has 48 heavy (non-hydrogen) atoms. The van der Waals surface area contributed by atoms with Crippen molar-refractivity contribution < 1.29 is 9.53 Å². The van der Waals surface area contributed by atoms with Crippen molar-refractivity contribution in [2.75, 3.05) is 0 Å². The monoisotopic (exact) mass is 659 g/mol. The molecule has 0 N–H and O–H groups in total. The quantitative estimate of drug-likeness (QED) is 0.0784. The molecule has 0 bridgehead atoms. The Labute approximate surface area is 297 Å². The Hall–Kier alpha value is -1.83. The van der Waals surface area contributed by atoms with Gasteiger partial charge in [0.05, 0.1) is 0 Å². The van der Waals surface area contributed by atoms with Crippen molar-refractivity contribution >= 4 is 5.97 Å². The molecule has 0 aromatic carbocycles. The molecule has 2 heteroatoms. The number of carbonyl (C=O) groups excluding carboxylic acids is 1. The number of ether oxygens (including phenoxy) is 1. The predicted molar refractivity (Wildman–Crippen MR) is 207 cm³/mol. The average molecular weight is 659 g/mol. The molecule has 0 unspecified atom stereocenters. The van der Waals surface area contributed by atoms with E-state index >= 15 is 0 Å². The number of unbranched alkanes of at least 4 members (excludes halogenated alkanes) is 8. The summed E-state index contributed by atoms with van der Waals surface area (Å²) in [4.78, 5) is 12.8. The zero-order valence-corrected chi connectivity index (χ0v) is 32.4. The van der Waals surface area contributed by atoms with E-state index in [0.29, 0.717) is 35.5 Å². The van der Waals surface area contributed by atoms with E-state index in [1.807, 2.05) is 0 Å². The highest BCUT2D eigenvalue weighted by atomic mass is 16.5. The third-order valence-electron chi connectivity index (χ3n) is 13.6. The van der Waals surface area contributed by atoms with Gasteiger partial charge in [-0.25, -0.2) is 0 Å². The maximum atomic E-state index is 12.8. The SMILES string of the molecule is CCCCC/C=C\C/C=C\CCCCCCCC(=O)O[C@H]1CC[C@@]2(C)C(=CC=C3[C@@H]4CC[C@H]([C@H](C)C=C[C@H](C)C(C)C)[C@@]4(C)CC[C@@H]32)C1. The van der Waals surface area contributed by atoms with Crippen molar-refractivity contribution in [2.45, 2.75) is 177 Å². The van der Waals surface area contributed by atoms with E-state index < -0.39 is 0 Å². The van der Waals surface area contributed by atoms with Crippen LogP contribution in [0.25, 0.3) is 0 Å². The van der Waals surface area contributed by atoms with Gasteiger partial charge in [0.2, 0.25) is 0 Å². The highest BCUT2D eigenvalue weighted by molar-refractivity contribution is 5.69. The van der Waals surface area contributed by atoms with Gasteiger partial charge in [-0.3, -0.25) is 4.79 Å². The van der Waals surface area contributed by atoms with Crippen LogP contribution in [0, 0.1) is 46.3 Å². The predicted octanol–water partition coefficient (Wildman–Crippen LogP) is 13.7. The smallest absolute Gasteiger partial charge is 0.306 e. The first kappa shape index (κ1) is 39.0. The minimum atomic E-state index is 0.0262. The second-order valence-corrected chi connectivity index (χ2v) is 17.3. The van der Waals surface area contributed by atoms with E-state index in [9.17, 15) is 4.79 Å². The summed E-state index contributed by atoms with van der Waals surface area (Å²) < 4.78 is 6.10. The molecule has 0 spiro atoms. The number of hydrogen-bond acceptors (Lipinski definition) is 2. The molecule has 0 radical (unpaired) electrons. The van der Waals surface area contributed by atoms with E-state index in [2.05, 4.69) is 97.1 Å². The van der Waals surface area contributed by atoms with Gasteiger partial charge < -0.3 is 4.74 Å². The molecule has 3 saturated carbocycles. The number of hydrogen-bond donors (Lipinski definition) is 0. The zero-order chi connectivity index (χ0) is 34.6. The Morgan fingerprint density at radius 3 is 2.25 bits per heavy atom. The molecule has 0 aromatic rings. The van der Waals surface area contributed by atoms with Gasteiger partial charge in [0.25, 0.3) is 0 Å². The molecule has 0 amide bonds. The molecule has 0 aromatic heterocycles. The molecular weight excluding hydrogens is 585 g/mol. The minimum absolute atomic E-state index is 0.0262. The number of esters is 1. The highest BCUT2D eigenvalue weighted by Crippen LogP contribution is 2.66. The van der Waals surface area contributed by atoms with Gasteiger partial charge in [-0.05, 0) is 123 Å². The summed E-state index contributed by atoms with van der Waals surface area (Å²) in [6.45, 7) is 17.0. The first-order chi connectivity index (χ1) is 23.1. The van der Waals surface area contributed by atoms with Crippen LogP contribution in [-0.4, -0.2) is 12.1 Å². The number of allylic oxidation sites excluding steroid dienone is 9. The Balaban J connectivity index is 1.17. The lowest BCUT2D eigenvalue weighted by atomic mass is 9.50. The zero-order valence-electron chi connectivity index (χ0n) is 32.4. The summed E-state index contributed by atoms with van der Waals surface area (Å²) >= 11 is 0. The Morgan fingerprint density at radius 2 is 1.52 bits per heavy atom. The van der Waals surface area contributed by atoms with Crippen LogP contribution in [-0.2, 0) is 9.53 Å². The van der Waals surface area contributed by atoms with Crippen LogP contribution in [0.1, 0.15) is 170 Å². The molecule has 4 rings (SSSR count). The summed E-state index contributed by atoms with van der Waals surface area (Å²) in [7, 11) is 0. The molecule has 0 saturated heterocycles. The molecule has 270 valence electrons. The van der Waals surface area contributed by atoms with E-state index in [0.717, 1.165) is 50.4 Å². The largest absolute Gasteiger partial charge is 0.462 e. The van der Waals surface area contributed by atoms with Crippen molar-refractivity contribution in [1.82, 2.24) is 0 Å². The fourth-order valence-electron chi connectivity index (χ4n) is 10.0. The number of carbonyl (C=O) groups is 1. The van der Waals surface area contributed by atoms with Crippen molar-refractivity contribution in [2.24, 2.45) is 46.3 Å². The van der Waals surface area contributed by atoms with Crippen LogP contribution in [0.15, 0.2) is 59.8 Å². The van der Waals surface area contributed by atoms with Crippen molar-refractivity contribution in [3.05, 3.63) is 59.8 Å². The van der Waals surface area contributed by atoms with Crippen LogP contribution in [0.4, 0.5) is 0 Å². The fraction of sp³-hybridized carbons (Fsp3) is 0.761. The molecule has 0 aliphatic heterocycles. The average Bonchev–Trinajstić information content (AvgIpc) is 3.42. The second kappa shape index (κ2) is 19.0. The highest BCUT2D eigenvalue weighted by Gasteiger charge is 2.57. The van der Waals surface area contributed by atoms with Crippen LogP contribution in [0.2, 0.25) is 0 Å². The summed E-state index contributed by atoms with van der Waals surface area (Å²) in [5.41, 5.74) is 3.98. The maximum Gasteiger partial charge on any atom is 0.306 e. The maximum absolute atomic E-state index is 12.8. The first-order valence-corrected chi connectivity index (χ1v) is 20.7. The van der Waals surface area contributed by atoms with E-state index in [4.69, 9.17) is 4.74 Å². The van der Waals surface area contributed by atoms with Crippen molar-refractivity contribution in [3.8, 4) is 0 Å². The van der Waals surface area contributed by atoms with Gasteiger partial charge in [0.1, 0.15) is 6.10 Å². The van der Waals surface area contributed by atoms with E-state index in [1.54, 1.807) is 11.1 Å². The van der Waals surface area contributed by atoms with Gasteiger partial charge in [-0.2, -0.15) is 0 Å². The van der Waals surface area contributed by atoms with Gasteiger partial charge in [-0.1, -0.05) is 140 Å². The van der Waals surface area contributed by atoms with Crippen molar-refractivity contribution in [3.63, 3.8) is 0 Å². The number of rotatable bonds is 19. The minimum Gasteiger partial charge on any atom is -0.462 e. The molecular formula is C46H74O2. The third kappa shape index (κ3) is 10.1. The van der Waals surface area contributed by atoms with Gasteiger partial charge in [0.15, 0.2) is 0 Å². The summed E-state index contributed by atoms with van der Waals surface area (Å²) in [5, 5.41) is 0. The molecule has 0 heterocycles. The molecule has 4 aliphatic carbocycles.